The van der Waals surface area contributed by atoms with Gasteiger partial charge in [0.2, 0.25) is 0 Å². The molecule has 2 unspecified atom stereocenters. The van der Waals surface area contributed by atoms with Gasteiger partial charge in [0, 0.05) is 13.2 Å². The van der Waals surface area contributed by atoms with E-state index >= 15 is 0 Å². The van der Waals surface area contributed by atoms with Gasteiger partial charge in [-0.3, -0.25) is 14.8 Å². The molecule has 0 aliphatic rings. The molecule has 0 aliphatic carbocycles. The third kappa shape index (κ3) is 5.07. The SMILES string of the molecule is Cc1nn(CC(O)CNCC(C)CCO)c(C)c1[N+](=O)[O-]. The number of hydrogen-bond acceptors (Lipinski definition) is 6. The number of aryl methyl sites for hydroxylation is 1. The maximum Gasteiger partial charge on any atom is 0.312 e. The van der Waals surface area contributed by atoms with Crippen molar-refractivity contribution < 1.29 is 15.1 Å². The van der Waals surface area contributed by atoms with Crippen LogP contribution in [0, 0.1) is 29.9 Å². The molecule has 1 heterocycles. The van der Waals surface area contributed by atoms with Gasteiger partial charge in [-0.05, 0) is 32.7 Å². The van der Waals surface area contributed by atoms with Gasteiger partial charge in [-0.25, -0.2) is 0 Å². The fourth-order valence-corrected chi connectivity index (χ4v) is 2.21. The van der Waals surface area contributed by atoms with Gasteiger partial charge in [0.15, 0.2) is 0 Å². The second kappa shape index (κ2) is 8.06. The average Bonchev–Trinajstić information content (AvgIpc) is 2.64. The molecule has 1 aromatic rings. The zero-order chi connectivity index (χ0) is 16.0. The zero-order valence-electron chi connectivity index (χ0n) is 12.7. The molecule has 120 valence electrons. The summed E-state index contributed by atoms with van der Waals surface area (Å²) >= 11 is 0. The third-order valence-corrected chi connectivity index (χ3v) is 3.40. The molecule has 0 amide bonds. The molecule has 0 radical (unpaired) electrons. The van der Waals surface area contributed by atoms with Crippen molar-refractivity contribution in [2.75, 3.05) is 19.7 Å². The van der Waals surface area contributed by atoms with Gasteiger partial charge >= 0.3 is 5.69 Å². The predicted octanol–water partition coefficient (Wildman–Crippen LogP) is 0.377. The summed E-state index contributed by atoms with van der Waals surface area (Å²) in [5, 5.41) is 36.9. The van der Waals surface area contributed by atoms with Gasteiger partial charge in [0.1, 0.15) is 11.4 Å². The Hall–Kier alpha value is -1.51. The van der Waals surface area contributed by atoms with Crippen molar-refractivity contribution in [1.82, 2.24) is 15.1 Å². The molecule has 21 heavy (non-hydrogen) atoms. The lowest BCUT2D eigenvalue weighted by atomic mass is 10.1. The Labute approximate surface area is 123 Å². The van der Waals surface area contributed by atoms with E-state index in [4.69, 9.17) is 5.11 Å². The molecule has 1 aromatic heterocycles. The van der Waals surface area contributed by atoms with E-state index in [0.717, 1.165) is 0 Å². The number of aliphatic hydroxyl groups excluding tert-OH is 2. The van der Waals surface area contributed by atoms with E-state index in [1.54, 1.807) is 13.8 Å². The first-order chi connectivity index (χ1) is 9.86. The molecule has 0 saturated heterocycles. The van der Waals surface area contributed by atoms with Crippen molar-refractivity contribution in [3.8, 4) is 0 Å². The van der Waals surface area contributed by atoms with Crippen LogP contribution >= 0.6 is 0 Å². The van der Waals surface area contributed by atoms with Gasteiger partial charge in [-0.2, -0.15) is 5.10 Å². The van der Waals surface area contributed by atoms with E-state index in [1.807, 2.05) is 6.92 Å². The van der Waals surface area contributed by atoms with Crippen LogP contribution in [0.2, 0.25) is 0 Å². The largest absolute Gasteiger partial charge is 0.396 e. The van der Waals surface area contributed by atoms with E-state index in [9.17, 15) is 15.2 Å². The van der Waals surface area contributed by atoms with Crippen LogP contribution in [-0.2, 0) is 6.54 Å². The summed E-state index contributed by atoms with van der Waals surface area (Å²) in [6.07, 6.45) is 0.0381. The van der Waals surface area contributed by atoms with Crippen LogP contribution in [0.5, 0.6) is 0 Å². The van der Waals surface area contributed by atoms with E-state index < -0.39 is 11.0 Å². The molecular weight excluding hydrogens is 276 g/mol. The van der Waals surface area contributed by atoms with Crippen LogP contribution in [0.15, 0.2) is 0 Å². The molecule has 0 fully saturated rings. The van der Waals surface area contributed by atoms with Crippen molar-refractivity contribution >= 4 is 5.69 Å². The van der Waals surface area contributed by atoms with Gasteiger partial charge in [-0.15, -0.1) is 0 Å². The van der Waals surface area contributed by atoms with Gasteiger partial charge in [0.05, 0.1) is 17.6 Å². The van der Waals surface area contributed by atoms with Crippen molar-refractivity contribution in [2.24, 2.45) is 5.92 Å². The standard InChI is InChI=1S/C13H24N4O4/c1-9(4-5-18)6-14-7-12(19)8-16-11(3)13(17(20)21)10(2)15-16/h9,12,14,18-19H,4-8H2,1-3H3. The number of rotatable bonds is 9. The molecule has 0 aromatic carbocycles. The minimum Gasteiger partial charge on any atom is -0.396 e. The van der Waals surface area contributed by atoms with Crippen molar-refractivity contribution in [3.63, 3.8) is 0 Å². The average molecular weight is 300 g/mol. The van der Waals surface area contributed by atoms with Crippen LogP contribution in [0.1, 0.15) is 24.7 Å². The summed E-state index contributed by atoms with van der Waals surface area (Å²) < 4.78 is 1.47. The van der Waals surface area contributed by atoms with Crippen LogP contribution in [-0.4, -0.2) is 50.7 Å². The Morgan fingerprint density at radius 1 is 1.43 bits per heavy atom. The number of aromatic nitrogens is 2. The van der Waals surface area contributed by atoms with Crippen LogP contribution < -0.4 is 5.32 Å². The lowest BCUT2D eigenvalue weighted by Gasteiger charge is -2.15. The molecule has 8 nitrogen and oxygen atoms in total. The molecule has 0 saturated carbocycles. The Balaban J connectivity index is 2.50. The van der Waals surface area contributed by atoms with Crippen LogP contribution in [0.4, 0.5) is 5.69 Å². The highest BCUT2D eigenvalue weighted by atomic mass is 16.6. The third-order valence-electron chi connectivity index (χ3n) is 3.40. The first-order valence-electron chi connectivity index (χ1n) is 7.04. The number of hydrogen-bond donors (Lipinski definition) is 3. The minimum absolute atomic E-state index is 0.00623. The monoisotopic (exact) mass is 300 g/mol. The summed E-state index contributed by atoms with van der Waals surface area (Å²) in [7, 11) is 0. The van der Waals surface area contributed by atoms with Crippen LogP contribution in [0.25, 0.3) is 0 Å². The van der Waals surface area contributed by atoms with Gasteiger partial charge in [0.25, 0.3) is 0 Å². The van der Waals surface area contributed by atoms with E-state index in [1.165, 1.54) is 4.68 Å². The molecule has 8 heteroatoms. The highest BCUT2D eigenvalue weighted by molar-refractivity contribution is 5.39. The van der Waals surface area contributed by atoms with Crippen LogP contribution in [0.3, 0.4) is 0 Å². The predicted molar refractivity (Wildman–Crippen MR) is 78.1 cm³/mol. The lowest BCUT2D eigenvalue weighted by molar-refractivity contribution is -0.386. The van der Waals surface area contributed by atoms with Crippen molar-refractivity contribution in [1.29, 1.82) is 0 Å². The number of nitro groups is 1. The second-order valence-electron chi connectivity index (χ2n) is 5.39. The Morgan fingerprint density at radius 2 is 2.10 bits per heavy atom. The summed E-state index contributed by atoms with van der Waals surface area (Å²) in [6, 6.07) is 0. The quantitative estimate of drug-likeness (QED) is 0.449. The Kier molecular flexibility index (Phi) is 6.73. The van der Waals surface area contributed by atoms with Gasteiger partial charge in [-0.1, -0.05) is 6.92 Å². The highest BCUT2D eigenvalue weighted by Gasteiger charge is 2.22. The smallest absolute Gasteiger partial charge is 0.312 e. The number of aliphatic hydroxyl groups is 2. The summed E-state index contributed by atoms with van der Waals surface area (Å²) in [4.78, 5) is 10.5. The molecule has 0 spiro atoms. The number of nitrogens with zero attached hydrogens (tertiary/aromatic N) is 3. The number of nitrogens with one attached hydrogen (secondary N) is 1. The molecule has 0 aliphatic heterocycles. The normalized spacial score (nSPS) is 14.1. The second-order valence-corrected chi connectivity index (χ2v) is 5.39. The lowest BCUT2D eigenvalue weighted by Crippen LogP contribution is -2.33. The highest BCUT2D eigenvalue weighted by Crippen LogP contribution is 2.21. The van der Waals surface area contributed by atoms with Crippen molar-refractivity contribution in [2.45, 2.75) is 39.8 Å². The van der Waals surface area contributed by atoms with E-state index in [2.05, 4.69) is 10.4 Å². The zero-order valence-corrected chi connectivity index (χ0v) is 12.7. The molecule has 2 atom stereocenters. The maximum absolute atomic E-state index is 10.9. The minimum atomic E-state index is -0.677. The van der Waals surface area contributed by atoms with E-state index in [-0.39, 0.29) is 18.8 Å². The molecular formula is C13H24N4O4. The topological polar surface area (TPSA) is 113 Å². The van der Waals surface area contributed by atoms with Gasteiger partial charge < -0.3 is 15.5 Å². The fourth-order valence-electron chi connectivity index (χ4n) is 2.21. The molecule has 0 bridgehead atoms. The summed E-state index contributed by atoms with van der Waals surface area (Å²) in [5.74, 6) is 0.331. The van der Waals surface area contributed by atoms with Crippen molar-refractivity contribution in [3.05, 3.63) is 21.5 Å². The van der Waals surface area contributed by atoms with E-state index in [0.29, 0.717) is 36.8 Å². The first kappa shape index (κ1) is 17.5. The Morgan fingerprint density at radius 3 is 2.62 bits per heavy atom. The first-order valence-corrected chi connectivity index (χ1v) is 7.04. The summed E-state index contributed by atoms with van der Waals surface area (Å²) in [5.41, 5.74) is 0.811. The molecule has 3 N–H and O–H groups in total. The maximum atomic E-state index is 10.9. The Bertz CT molecular complexity index is 475. The molecule has 1 rings (SSSR count). The fraction of sp³-hybridized carbons (Fsp3) is 0.769. The summed E-state index contributed by atoms with van der Waals surface area (Å²) in [6.45, 7) is 6.67.